The molecule has 0 unspecified atom stereocenters. The van der Waals surface area contributed by atoms with Crippen LogP contribution in [0.2, 0.25) is 0 Å². The van der Waals surface area contributed by atoms with E-state index in [1.54, 1.807) is 7.05 Å². The van der Waals surface area contributed by atoms with Crippen LogP contribution in [0.4, 0.5) is 0 Å². The molecule has 0 aliphatic carbocycles. The second-order valence-corrected chi connectivity index (χ2v) is 7.55. The summed E-state index contributed by atoms with van der Waals surface area (Å²) in [6.07, 6.45) is 0.559. The Kier molecular flexibility index (Phi) is 8.06. The van der Waals surface area contributed by atoms with Crippen molar-refractivity contribution in [1.29, 1.82) is 0 Å². The third-order valence-corrected chi connectivity index (χ3v) is 5.34. The van der Waals surface area contributed by atoms with Crippen LogP contribution in [0.3, 0.4) is 0 Å². The van der Waals surface area contributed by atoms with Crippen molar-refractivity contribution in [1.82, 2.24) is 9.80 Å². The summed E-state index contributed by atoms with van der Waals surface area (Å²) in [5.74, 6) is -0.779. The zero-order valence-electron chi connectivity index (χ0n) is 17.1. The van der Waals surface area contributed by atoms with Crippen LogP contribution in [-0.2, 0) is 7.73 Å². The molecule has 11 heteroatoms. The molecular weight excluding hydrogens is 613 g/mol. The number of hydrogen-bond donors (Lipinski definition) is 1. The number of aldehydes is 1. The van der Waals surface area contributed by atoms with Gasteiger partial charge in [0.1, 0.15) is 0 Å². The molecule has 0 fully saturated rings. The van der Waals surface area contributed by atoms with E-state index < -0.39 is 11.8 Å². The van der Waals surface area contributed by atoms with Gasteiger partial charge in [-0.2, -0.15) is 0 Å². The van der Waals surface area contributed by atoms with Crippen molar-refractivity contribution in [3.63, 3.8) is 0 Å². The molecule has 0 radical (unpaired) electrons. The zero-order chi connectivity index (χ0) is 23.3. The summed E-state index contributed by atoms with van der Waals surface area (Å²) < 4.78 is 10.4. The number of fused-ring (bicyclic) bond motifs is 1. The van der Waals surface area contributed by atoms with Crippen LogP contribution < -0.4 is 4.74 Å². The van der Waals surface area contributed by atoms with Crippen LogP contribution in [0.15, 0.2) is 36.4 Å². The van der Waals surface area contributed by atoms with Gasteiger partial charge in [-0.15, -0.1) is 0 Å². The Morgan fingerprint density at radius 3 is 2.50 bits per heavy atom. The van der Waals surface area contributed by atoms with E-state index in [0.29, 0.717) is 6.29 Å². The van der Waals surface area contributed by atoms with Crippen LogP contribution in [-0.4, -0.2) is 98.5 Å². The average molecular weight is 632 g/mol. The van der Waals surface area contributed by atoms with Crippen LogP contribution in [0.25, 0.3) is 0 Å². The normalized spacial score (nSPS) is 12.6. The summed E-state index contributed by atoms with van der Waals surface area (Å²) in [7, 11) is 1.59. The fourth-order valence-corrected chi connectivity index (χ4v) is 3.57. The number of nitrogens with zero attached hydrogens (tertiary/aromatic N) is 2. The number of amides is 3. The molecule has 0 saturated carbocycles. The first-order valence-electron chi connectivity index (χ1n) is 9.53. The van der Waals surface area contributed by atoms with Gasteiger partial charge in [0.15, 0.2) is 0 Å². The summed E-state index contributed by atoms with van der Waals surface area (Å²) in [5, 5.41) is 9.05. The fraction of sp³-hybridized carbons (Fsp3) is 0.238. The van der Waals surface area contributed by atoms with Crippen molar-refractivity contribution in [3.05, 3.63) is 58.7 Å². The number of aliphatic hydroxyl groups excluding tert-OH is 1. The molecule has 0 saturated heterocycles. The number of benzene rings is 2. The van der Waals surface area contributed by atoms with Gasteiger partial charge in [-0.3, -0.25) is 14.5 Å². The predicted octanol–water partition coefficient (Wildman–Crippen LogP) is 0.983. The SMILES string of the molecule is CN(CCO[O][Tl])C(=O)c1ccc(Oc2ccc3c(c2)C(=O)N(CCO)C3=O)cc1C=O. The van der Waals surface area contributed by atoms with Crippen molar-refractivity contribution < 1.29 is 36.7 Å². The minimum absolute atomic E-state index is 0.0885. The first-order valence-corrected chi connectivity index (χ1v) is 11.4. The van der Waals surface area contributed by atoms with Gasteiger partial charge in [0, 0.05) is 0 Å². The molecule has 3 amide bonds. The Morgan fingerprint density at radius 1 is 1.12 bits per heavy atom. The topological polar surface area (TPSA) is 123 Å². The first kappa shape index (κ1) is 24.0. The molecule has 0 atom stereocenters. The Bertz CT molecular complexity index is 1060. The van der Waals surface area contributed by atoms with Gasteiger partial charge < -0.3 is 5.11 Å². The number of carbonyl (C=O) groups excluding carboxylic acids is 4. The van der Waals surface area contributed by atoms with Crippen molar-refractivity contribution in [2.75, 3.05) is 33.4 Å². The number of aliphatic hydroxyl groups is 1. The monoisotopic (exact) mass is 632 g/mol. The summed E-state index contributed by atoms with van der Waals surface area (Å²) in [5.41, 5.74) is 0.750. The molecule has 164 valence electrons. The molecule has 10 nitrogen and oxygen atoms in total. The van der Waals surface area contributed by atoms with Gasteiger partial charge in [-0.25, -0.2) is 0 Å². The molecular formula is C21H19N2O8Tl. The molecule has 1 heterocycles. The van der Waals surface area contributed by atoms with Crippen molar-refractivity contribution >= 4 is 50.2 Å². The summed E-state index contributed by atoms with van der Waals surface area (Å²) in [6.45, 7) is 0.0859. The number of likely N-dealkylation sites (N-methyl/N-ethyl adjacent to an activating group) is 1. The first-order chi connectivity index (χ1) is 15.4. The summed E-state index contributed by atoms with van der Waals surface area (Å²) in [4.78, 5) is 56.1. The number of β-amino-alcohol motifs (C(OH)–C–C–N with tert-alkyl or cyclic N) is 1. The molecule has 0 aromatic heterocycles. The number of rotatable bonds is 10. The van der Waals surface area contributed by atoms with E-state index in [2.05, 4.69) is 2.84 Å². The number of ether oxygens (including phenoxy) is 1. The number of carbonyl (C=O) groups is 4. The third-order valence-electron chi connectivity index (χ3n) is 4.81. The number of imide groups is 1. The van der Waals surface area contributed by atoms with Gasteiger partial charge in [0.2, 0.25) is 0 Å². The molecule has 2 aromatic carbocycles. The third kappa shape index (κ3) is 5.03. The quantitative estimate of drug-likeness (QED) is 0.103. The standard InChI is InChI=1S/C21H20N2O8.Tl/c1-22(7-9-30-29)19(26)16-4-2-14(10-13(16)12-25)31-15-3-5-17-18(11-15)21(28)23(6-8-24)20(17)27;/h2-5,10-12,24,29H,6-9H2,1H3;/q;+1/p-1. The molecule has 0 spiro atoms. The van der Waals surface area contributed by atoms with E-state index in [0.717, 1.165) is 4.90 Å². The van der Waals surface area contributed by atoms with E-state index in [9.17, 15) is 19.2 Å². The Morgan fingerprint density at radius 2 is 1.81 bits per heavy atom. The van der Waals surface area contributed by atoms with Gasteiger partial charge in [-0.1, -0.05) is 0 Å². The molecule has 1 aliphatic heterocycles. The van der Waals surface area contributed by atoms with Gasteiger partial charge in [-0.05, 0) is 18.2 Å². The van der Waals surface area contributed by atoms with E-state index in [4.69, 9.17) is 14.7 Å². The predicted molar refractivity (Wildman–Crippen MR) is 111 cm³/mol. The van der Waals surface area contributed by atoms with Crippen molar-refractivity contribution in [2.45, 2.75) is 0 Å². The maximum atomic E-state index is 12.6. The molecule has 0 bridgehead atoms. The second kappa shape index (κ2) is 10.8. The van der Waals surface area contributed by atoms with Crippen molar-refractivity contribution in [3.8, 4) is 11.5 Å². The van der Waals surface area contributed by atoms with E-state index in [1.165, 1.54) is 41.3 Å². The molecule has 32 heavy (non-hydrogen) atoms. The molecule has 2 aromatic rings. The Labute approximate surface area is 199 Å². The zero-order valence-corrected chi connectivity index (χ0v) is 21.6. The minimum atomic E-state index is -0.512. The Hall–Kier alpha value is -2.68. The summed E-state index contributed by atoms with van der Waals surface area (Å²) in [6, 6.07) is 8.86. The molecule has 1 N–H and O–H groups in total. The van der Waals surface area contributed by atoms with E-state index in [-0.39, 0.29) is 92.2 Å². The maximum absolute atomic E-state index is 12.6. The number of hydrogen-bond acceptors (Lipinski definition) is 8. The van der Waals surface area contributed by atoms with E-state index in [1.807, 2.05) is 0 Å². The van der Waals surface area contributed by atoms with Crippen LogP contribution >= 0.6 is 0 Å². The Balaban J connectivity index is 1.78. The van der Waals surface area contributed by atoms with Crippen molar-refractivity contribution in [2.24, 2.45) is 0 Å². The van der Waals surface area contributed by atoms with Gasteiger partial charge >= 0.3 is 126 Å². The van der Waals surface area contributed by atoms with Gasteiger partial charge in [0.25, 0.3) is 11.8 Å². The average Bonchev–Trinajstić information content (AvgIpc) is 3.03. The van der Waals surface area contributed by atoms with Crippen LogP contribution in [0.1, 0.15) is 41.4 Å². The molecule has 3 rings (SSSR count). The second-order valence-electron chi connectivity index (χ2n) is 6.81. The van der Waals surface area contributed by atoms with Gasteiger partial charge in [0.05, 0.1) is 24.3 Å². The van der Waals surface area contributed by atoms with Crippen LogP contribution in [0.5, 0.6) is 11.5 Å². The van der Waals surface area contributed by atoms with E-state index >= 15 is 0 Å². The van der Waals surface area contributed by atoms with Crippen LogP contribution in [0, 0.1) is 0 Å². The fourth-order valence-electron chi connectivity index (χ4n) is 3.20. The molecule has 1 aliphatic rings. The summed E-state index contributed by atoms with van der Waals surface area (Å²) >= 11 is 0.235.